The molecule has 21 heavy (non-hydrogen) atoms. The number of amides is 1. The van der Waals surface area contributed by atoms with Crippen LogP contribution in [0.5, 0.6) is 0 Å². The van der Waals surface area contributed by atoms with Crippen molar-refractivity contribution < 1.29 is 9.59 Å². The van der Waals surface area contributed by atoms with E-state index >= 15 is 0 Å². The van der Waals surface area contributed by atoms with Gasteiger partial charge in [-0.05, 0) is 12.0 Å². The number of thioether (sulfide) groups is 1. The molecular formula is C14H15N3O2S2. The summed E-state index contributed by atoms with van der Waals surface area (Å²) >= 11 is 2.83. The van der Waals surface area contributed by atoms with Gasteiger partial charge >= 0.3 is 0 Å². The van der Waals surface area contributed by atoms with Gasteiger partial charge in [0.1, 0.15) is 5.51 Å². The van der Waals surface area contributed by atoms with E-state index in [1.165, 1.54) is 30.0 Å². The van der Waals surface area contributed by atoms with Crippen molar-refractivity contribution in [1.82, 2.24) is 15.5 Å². The molecule has 1 amide bonds. The van der Waals surface area contributed by atoms with Crippen LogP contribution in [0.1, 0.15) is 22.8 Å². The van der Waals surface area contributed by atoms with E-state index in [4.69, 9.17) is 0 Å². The van der Waals surface area contributed by atoms with E-state index in [1.807, 2.05) is 24.3 Å². The molecule has 1 aromatic heterocycles. The van der Waals surface area contributed by atoms with Gasteiger partial charge in [0.15, 0.2) is 10.1 Å². The minimum atomic E-state index is -0.0319. The lowest BCUT2D eigenvalue weighted by Crippen LogP contribution is -2.22. The highest BCUT2D eigenvalue weighted by atomic mass is 32.2. The Morgan fingerprint density at radius 1 is 1.29 bits per heavy atom. The quantitative estimate of drug-likeness (QED) is 0.625. The van der Waals surface area contributed by atoms with Gasteiger partial charge in [-0.3, -0.25) is 9.59 Å². The van der Waals surface area contributed by atoms with Crippen molar-refractivity contribution in [3.63, 3.8) is 0 Å². The maximum atomic E-state index is 12.0. The number of carbonyl (C=O) groups is 2. The van der Waals surface area contributed by atoms with Crippen LogP contribution in [0, 0.1) is 0 Å². The molecule has 110 valence electrons. The number of rotatable bonds is 7. The van der Waals surface area contributed by atoms with Crippen molar-refractivity contribution in [3.8, 4) is 0 Å². The number of ketones is 1. The lowest BCUT2D eigenvalue weighted by atomic mass is 10.1. The van der Waals surface area contributed by atoms with E-state index in [0.717, 1.165) is 16.3 Å². The molecule has 7 heteroatoms. The van der Waals surface area contributed by atoms with Crippen LogP contribution in [0.4, 0.5) is 0 Å². The summed E-state index contributed by atoms with van der Waals surface area (Å²) in [5.41, 5.74) is 3.43. The van der Waals surface area contributed by atoms with Crippen LogP contribution in [0.3, 0.4) is 0 Å². The number of benzene rings is 1. The summed E-state index contributed by atoms with van der Waals surface area (Å²) in [7, 11) is 0. The molecule has 0 aliphatic rings. The van der Waals surface area contributed by atoms with E-state index in [2.05, 4.69) is 15.5 Å². The fourth-order valence-corrected chi connectivity index (χ4v) is 3.06. The van der Waals surface area contributed by atoms with Gasteiger partial charge in [0, 0.05) is 19.0 Å². The molecule has 0 unspecified atom stereocenters. The number of aromatic nitrogens is 2. The zero-order valence-corrected chi connectivity index (χ0v) is 13.2. The van der Waals surface area contributed by atoms with E-state index in [0.29, 0.717) is 17.9 Å². The summed E-state index contributed by atoms with van der Waals surface area (Å²) in [5.74, 6) is 0.402. The molecule has 1 aromatic carbocycles. The van der Waals surface area contributed by atoms with Gasteiger partial charge < -0.3 is 5.32 Å². The monoisotopic (exact) mass is 321 g/mol. The first-order valence-corrected chi connectivity index (χ1v) is 8.27. The first-order valence-electron chi connectivity index (χ1n) is 6.40. The SMILES string of the molecule is CC(=O)NCCc1ccc(C(=O)CSc2nncs2)cc1. The van der Waals surface area contributed by atoms with Crippen molar-refractivity contribution in [2.45, 2.75) is 17.7 Å². The Morgan fingerprint density at radius 3 is 2.67 bits per heavy atom. The number of Topliss-reactive ketones (excluding diaryl/α,β-unsaturated/α-hetero) is 1. The average molecular weight is 321 g/mol. The molecule has 0 radical (unpaired) electrons. The molecule has 0 saturated carbocycles. The smallest absolute Gasteiger partial charge is 0.216 e. The van der Waals surface area contributed by atoms with Crippen LogP contribution in [0.2, 0.25) is 0 Å². The third kappa shape index (κ3) is 5.28. The number of nitrogens with zero attached hydrogens (tertiary/aromatic N) is 2. The van der Waals surface area contributed by atoms with Crippen molar-refractivity contribution in [3.05, 3.63) is 40.9 Å². The highest BCUT2D eigenvalue weighted by molar-refractivity contribution is 8.01. The highest BCUT2D eigenvalue weighted by Gasteiger charge is 2.08. The summed E-state index contributed by atoms with van der Waals surface area (Å²) in [6, 6.07) is 7.49. The van der Waals surface area contributed by atoms with Crippen molar-refractivity contribution in [1.29, 1.82) is 0 Å². The van der Waals surface area contributed by atoms with Gasteiger partial charge in [-0.15, -0.1) is 10.2 Å². The van der Waals surface area contributed by atoms with Crippen molar-refractivity contribution in [2.24, 2.45) is 0 Å². The Bertz CT molecular complexity index is 597. The molecule has 0 fully saturated rings. The average Bonchev–Trinajstić information content (AvgIpc) is 2.98. The predicted octanol–water partition coefficient (Wildman–Crippen LogP) is 2.19. The number of hydrogen-bond acceptors (Lipinski definition) is 6. The lowest BCUT2D eigenvalue weighted by Gasteiger charge is -2.04. The van der Waals surface area contributed by atoms with Gasteiger partial charge in [-0.2, -0.15) is 0 Å². The summed E-state index contributed by atoms with van der Waals surface area (Å²) in [6.07, 6.45) is 0.758. The maximum absolute atomic E-state index is 12.0. The highest BCUT2D eigenvalue weighted by Crippen LogP contribution is 2.20. The first kappa shape index (κ1) is 15.7. The van der Waals surface area contributed by atoms with Crippen LogP contribution in [0.25, 0.3) is 0 Å². The summed E-state index contributed by atoms with van der Waals surface area (Å²) < 4.78 is 0.801. The minimum Gasteiger partial charge on any atom is -0.356 e. The normalized spacial score (nSPS) is 10.3. The first-order chi connectivity index (χ1) is 10.1. The third-order valence-corrected chi connectivity index (χ3v) is 4.59. The summed E-state index contributed by atoms with van der Waals surface area (Å²) in [4.78, 5) is 22.8. The zero-order chi connectivity index (χ0) is 15.1. The van der Waals surface area contributed by atoms with Gasteiger partial charge in [-0.1, -0.05) is 47.4 Å². The van der Waals surface area contributed by atoms with Crippen molar-refractivity contribution in [2.75, 3.05) is 12.3 Å². The van der Waals surface area contributed by atoms with Crippen molar-refractivity contribution >= 4 is 34.8 Å². The van der Waals surface area contributed by atoms with E-state index in [9.17, 15) is 9.59 Å². The molecule has 1 N–H and O–H groups in total. The molecule has 2 rings (SSSR count). The summed E-state index contributed by atoms with van der Waals surface area (Å²) in [6.45, 7) is 2.10. The Morgan fingerprint density at radius 2 is 2.05 bits per heavy atom. The molecule has 2 aromatic rings. The van der Waals surface area contributed by atoms with Crippen LogP contribution in [-0.2, 0) is 11.2 Å². The van der Waals surface area contributed by atoms with Gasteiger partial charge in [0.2, 0.25) is 5.91 Å². The predicted molar refractivity (Wildman–Crippen MR) is 83.8 cm³/mol. The van der Waals surface area contributed by atoms with Gasteiger partial charge in [0.25, 0.3) is 0 Å². The summed E-state index contributed by atoms with van der Waals surface area (Å²) in [5, 5.41) is 10.4. The minimum absolute atomic E-state index is 0.0319. The largest absolute Gasteiger partial charge is 0.356 e. The topological polar surface area (TPSA) is 72.0 Å². The molecule has 5 nitrogen and oxygen atoms in total. The molecule has 0 aliphatic carbocycles. The van der Waals surface area contributed by atoms with E-state index in [1.54, 1.807) is 5.51 Å². The zero-order valence-electron chi connectivity index (χ0n) is 11.5. The third-order valence-electron chi connectivity index (χ3n) is 2.73. The Labute approximate surface area is 131 Å². The van der Waals surface area contributed by atoms with Crippen LogP contribution in [-0.4, -0.2) is 34.2 Å². The molecular weight excluding hydrogens is 306 g/mol. The standard InChI is InChI=1S/C14H15N3O2S2/c1-10(18)15-7-6-11-2-4-12(5-3-11)13(19)8-20-14-17-16-9-21-14/h2-5,9H,6-8H2,1H3,(H,15,18). The van der Waals surface area contributed by atoms with E-state index in [-0.39, 0.29) is 11.7 Å². The second-order valence-corrected chi connectivity index (χ2v) is 6.40. The molecule has 0 atom stereocenters. The number of hydrogen-bond donors (Lipinski definition) is 1. The van der Waals surface area contributed by atoms with E-state index < -0.39 is 0 Å². The van der Waals surface area contributed by atoms with Gasteiger partial charge in [-0.25, -0.2) is 0 Å². The fourth-order valence-electron chi connectivity index (χ4n) is 1.68. The second kappa shape index (κ2) is 7.90. The van der Waals surface area contributed by atoms with Crippen LogP contribution in [0.15, 0.2) is 34.1 Å². The molecule has 0 aliphatic heterocycles. The molecule has 0 spiro atoms. The van der Waals surface area contributed by atoms with Crippen LogP contribution < -0.4 is 5.32 Å². The maximum Gasteiger partial charge on any atom is 0.216 e. The van der Waals surface area contributed by atoms with Crippen LogP contribution >= 0.6 is 23.1 Å². The lowest BCUT2D eigenvalue weighted by molar-refractivity contribution is -0.118. The molecule has 1 heterocycles. The fraction of sp³-hybridized carbons (Fsp3) is 0.286. The molecule has 0 saturated heterocycles. The molecule has 0 bridgehead atoms. The Hall–Kier alpha value is -1.73. The number of nitrogens with one attached hydrogen (secondary N) is 1. The number of carbonyl (C=O) groups excluding carboxylic acids is 2. The Kier molecular flexibility index (Phi) is 5.89. The second-order valence-electron chi connectivity index (χ2n) is 4.35. The Balaban J connectivity index is 1.83. The van der Waals surface area contributed by atoms with Gasteiger partial charge in [0.05, 0.1) is 5.75 Å².